The molecule has 0 atom stereocenters. The predicted octanol–water partition coefficient (Wildman–Crippen LogP) is 1.60. The number of rotatable bonds is 4. The lowest BCUT2D eigenvalue weighted by molar-refractivity contribution is -0.136. The molecule has 0 saturated carbocycles. The maximum Gasteiger partial charge on any atom is 0.379 e. The molecule has 0 spiro atoms. The zero-order valence-electron chi connectivity index (χ0n) is 7.60. The van der Waals surface area contributed by atoms with Crippen LogP contribution in [0.2, 0.25) is 0 Å². The standard InChI is InChI=1S/C11H10O3/c1-2-8-14-11(13)10(12)9-6-4-3-5-7-9/h2-7H,1,8H2. The van der Waals surface area contributed by atoms with Crippen molar-refractivity contribution in [2.75, 3.05) is 6.61 Å². The van der Waals surface area contributed by atoms with Crippen molar-refractivity contribution in [1.29, 1.82) is 0 Å². The molecular formula is C11H10O3. The van der Waals surface area contributed by atoms with Crippen LogP contribution in [0.1, 0.15) is 10.4 Å². The van der Waals surface area contributed by atoms with Crippen LogP contribution in [0.15, 0.2) is 43.0 Å². The molecule has 0 aromatic heterocycles. The van der Waals surface area contributed by atoms with Crippen molar-refractivity contribution in [2.45, 2.75) is 0 Å². The Morgan fingerprint density at radius 3 is 2.50 bits per heavy atom. The second-order valence-corrected chi connectivity index (χ2v) is 2.58. The Morgan fingerprint density at radius 2 is 1.93 bits per heavy atom. The fourth-order valence-electron chi connectivity index (χ4n) is 0.908. The Labute approximate surface area is 82.0 Å². The Kier molecular flexibility index (Phi) is 3.61. The third-order valence-electron chi connectivity index (χ3n) is 1.55. The van der Waals surface area contributed by atoms with Gasteiger partial charge in [0.05, 0.1) is 0 Å². The van der Waals surface area contributed by atoms with Gasteiger partial charge in [-0.3, -0.25) is 4.79 Å². The molecule has 1 rings (SSSR count). The van der Waals surface area contributed by atoms with Crippen LogP contribution < -0.4 is 0 Å². The van der Waals surface area contributed by atoms with Crippen LogP contribution in [0, 0.1) is 0 Å². The van der Waals surface area contributed by atoms with Crippen molar-refractivity contribution in [3.63, 3.8) is 0 Å². The summed E-state index contributed by atoms with van der Waals surface area (Å²) in [4.78, 5) is 22.4. The highest BCUT2D eigenvalue weighted by atomic mass is 16.5. The maximum absolute atomic E-state index is 11.3. The highest BCUT2D eigenvalue weighted by molar-refractivity contribution is 6.40. The summed E-state index contributed by atoms with van der Waals surface area (Å²) in [6.07, 6.45) is 1.41. The van der Waals surface area contributed by atoms with Crippen LogP contribution in [0.5, 0.6) is 0 Å². The van der Waals surface area contributed by atoms with E-state index in [9.17, 15) is 9.59 Å². The Balaban J connectivity index is 2.66. The van der Waals surface area contributed by atoms with Crippen LogP contribution in [0.3, 0.4) is 0 Å². The van der Waals surface area contributed by atoms with Crippen LogP contribution >= 0.6 is 0 Å². The van der Waals surface area contributed by atoms with E-state index in [0.717, 1.165) is 0 Å². The molecule has 0 aliphatic rings. The molecule has 0 saturated heterocycles. The first-order chi connectivity index (χ1) is 6.75. The average molecular weight is 190 g/mol. The number of esters is 1. The van der Waals surface area contributed by atoms with Crippen molar-refractivity contribution < 1.29 is 14.3 Å². The quantitative estimate of drug-likeness (QED) is 0.313. The van der Waals surface area contributed by atoms with Gasteiger partial charge < -0.3 is 4.74 Å². The monoisotopic (exact) mass is 190 g/mol. The van der Waals surface area contributed by atoms with E-state index >= 15 is 0 Å². The lowest BCUT2D eigenvalue weighted by Gasteiger charge is -2.00. The molecule has 3 nitrogen and oxygen atoms in total. The summed E-state index contributed by atoms with van der Waals surface area (Å²) in [6, 6.07) is 8.28. The smallest absolute Gasteiger partial charge is 0.379 e. The number of Topliss-reactive ketones (excluding diaryl/α,β-unsaturated/α-hetero) is 1. The second kappa shape index (κ2) is 4.97. The molecule has 0 amide bonds. The van der Waals surface area contributed by atoms with E-state index in [-0.39, 0.29) is 6.61 Å². The largest absolute Gasteiger partial charge is 0.455 e. The number of hydrogen-bond donors (Lipinski definition) is 0. The molecule has 0 heterocycles. The van der Waals surface area contributed by atoms with Crippen molar-refractivity contribution in [1.82, 2.24) is 0 Å². The fraction of sp³-hybridized carbons (Fsp3) is 0.0909. The molecule has 72 valence electrons. The molecule has 0 unspecified atom stereocenters. The number of carbonyl (C=O) groups excluding carboxylic acids is 2. The van der Waals surface area contributed by atoms with Crippen molar-refractivity contribution in [3.05, 3.63) is 48.6 Å². The lowest BCUT2D eigenvalue weighted by atomic mass is 10.1. The average Bonchev–Trinajstić information content (AvgIpc) is 2.26. The van der Waals surface area contributed by atoms with E-state index in [0.29, 0.717) is 5.56 Å². The van der Waals surface area contributed by atoms with Gasteiger partial charge in [0.15, 0.2) is 0 Å². The topological polar surface area (TPSA) is 43.4 Å². The third kappa shape index (κ3) is 2.55. The van der Waals surface area contributed by atoms with Crippen LogP contribution in [-0.2, 0) is 9.53 Å². The molecule has 0 aliphatic heterocycles. The first-order valence-corrected chi connectivity index (χ1v) is 4.13. The highest BCUT2D eigenvalue weighted by Gasteiger charge is 2.16. The summed E-state index contributed by atoms with van der Waals surface area (Å²) in [5.41, 5.74) is 0.335. The van der Waals surface area contributed by atoms with E-state index in [1.165, 1.54) is 6.08 Å². The molecule has 0 radical (unpaired) electrons. The van der Waals surface area contributed by atoms with Crippen molar-refractivity contribution >= 4 is 11.8 Å². The molecule has 3 heteroatoms. The van der Waals surface area contributed by atoms with Gasteiger partial charge in [-0.05, 0) is 0 Å². The lowest BCUT2D eigenvalue weighted by Crippen LogP contribution is -2.17. The fourth-order valence-corrected chi connectivity index (χ4v) is 0.908. The van der Waals surface area contributed by atoms with Crippen LogP contribution in [-0.4, -0.2) is 18.4 Å². The summed E-state index contributed by atoms with van der Waals surface area (Å²) in [5.74, 6) is -1.48. The summed E-state index contributed by atoms with van der Waals surface area (Å²) in [5, 5.41) is 0. The molecule has 0 aliphatic carbocycles. The maximum atomic E-state index is 11.3. The van der Waals surface area contributed by atoms with Gasteiger partial charge in [-0.25, -0.2) is 4.79 Å². The van der Waals surface area contributed by atoms with Gasteiger partial charge in [-0.1, -0.05) is 43.0 Å². The van der Waals surface area contributed by atoms with Crippen LogP contribution in [0.25, 0.3) is 0 Å². The van der Waals surface area contributed by atoms with Gasteiger partial charge in [0.2, 0.25) is 0 Å². The Hall–Kier alpha value is -1.90. The summed E-state index contributed by atoms with van der Waals surface area (Å²) >= 11 is 0. The normalized spacial score (nSPS) is 9.14. The number of carbonyl (C=O) groups is 2. The van der Waals surface area contributed by atoms with Gasteiger partial charge in [-0.2, -0.15) is 0 Å². The zero-order valence-corrected chi connectivity index (χ0v) is 7.60. The molecule has 14 heavy (non-hydrogen) atoms. The molecular weight excluding hydrogens is 180 g/mol. The predicted molar refractivity (Wildman–Crippen MR) is 51.9 cm³/mol. The van der Waals surface area contributed by atoms with E-state index in [1.807, 2.05) is 0 Å². The summed E-state index contributed by atoms with van der Waals surface area (Å²) in [6.45, 7) is 3.43. The van der Waals surface area contributed by atoms with E-state index in [1.54, 1.807) is 30.3 Å². The van der Waals surface area contributed by atoms with Gasteiger partial charge in [0.25, 0.3) is 5.78 Å². The molecule has 1 aromatic carbocycles. The van der Waals surface area contributed by atoms with Gasteiger partial charge in [0.1, 0.15) is 6.61 Å². The zero-order chi connectivity index (χ0) is 10.4. The van der Waals surface area contributed by atoms with E-state index in [2.05, 4.69) is 11.3 Å². The van der Waals surface area contributed by atoms with Gasteiger partial charge in [-0.15, -0.1) is 0 Å². The first kappa shape index (κ1) is 10.2. The van der Waals surface area contributed by atoms with E-state index < -0.39 is 11.8 Å². The highest BCUT2D eigenvalue weighted by Crippen LogP contribution is 2.01. The summed E-state index contributed by atoms with van der Waals surface area (Å²) < 4.78 is 4.60. The molecule has 0 N–H and O–H groups in total. The SMILES string of the molecule is C=CCOC(=O)C(=O)c1ccccc1. The van der Waals surface area contributed by atoms with Crippen molar-refractivity contribution in [2.24, 2.45) is 0 Å². The van der Waals surface area contributed by atoms with E-state index in [4.69, 9.17) is 0 Å². The minimum atomic E-state index is -0.851. The number of ketones is 1. The van der Waals surface area contributed by atoms with Gasteiger partial charge in [0, 0.05) is 5.56 Å². The number of hydrogen-bond acceptors (Lipinski definition) is 3. The molecule has 1 aromatic rings. The molecule has 0 fully saturated rings. The van der Waals surface area contributed by atoms with Crippen LogP contribution in [0.4, 0.5) is 0 Å². The minimum Gasteiger partial charge on any atom is -0.455 e. The number of benzene rings is 1. The minimum absolute atomic E-state index is 0.0530. The Bertz CT molecular complexity index is 341. The first-order valence-electron chi connectivity index (χ1n) is 4.13. The van der Waals surface area contributed by atoms with Gasteiger partial charge >= 0.3 is 5.97 Å². The molecule has 0 bridgehead atoms. The van der Waals surface area contributed by atoms with Crippen molar-refractivity contribution in [3.8, 4) is 0 Å². The third-order valence-corrected chi connectivity index (χ3v) is 1.55. The second-order valence-electron chi connectivity index (χ2n) is 2.58. The summed E-state index contributed by atoms with van der Waals surface area (Å²) in [7, 11) is 0. The number of ether oxygens (including phenoxy) is 1. The Morgan fingerprint density at radius 1 is 1.29 bits per heavy atom.